The van der Waals surface area contributed by atoms with Crippen molar-refractivity contribution in [2.75, 3.05) is 11.9 Å². The number of nitrogens with one attached hydrogen (secondary N) is 2. The highest BCUT2D eigenvalue weighted by Crippen LogP contribution is 2.15. The maximum Gasteiger partial charge on any atom is 0.254 e. The molecule has 0 unspecified atom stereocenters. The summed E-state index contributed by atoms with van der Waals surface area (Å²) in [7, 11) is 0. The van der Waals surface area contributed by atoms with Gasteiger partial charge in [-0.1, -0.05) is 43.1 Å². The molecule has 116 valence electrons. The predicted octanol–water partition coefficient (Wildman–Crippen LogP) is 3.27. The standard InChI is InChI=1S/C16H19ClN4O/c1-2-3-8-18-15(22)13-10-20-16(21-11-13)19-9-12-6-4-5-7-14(12)17/h4-7,10-11H,2-3,8-9H2,1H3,(H,18,22)(H,19,20,21). The quantitative estimate of drug-likeness (QED) is 0.769. The van der Waals surface area contributed by atoms with Crippen molar-refractivity contribution < 1.29 is 4.79 Å². The van der Waals surface area contributed by atoms with Crippen LogP contribution in [0.3, 0.4) is 0 Å². The van der Waals surface area contributed by atoms with E-state index >= 15 is 0 Å². The second-order valence-corrected chi connectivity index (χ2v) is 5.26. The molecule has 2 N–H and O–H groups in total. The smallest absolute Gasteiger partial charge is 0.254 e. The van der Waals surface area contributed by atoms with Crippen LogP contribution in [0.4, 0.5) is 5.95 Å². The van der Waals surface area contributed by atoms with E-state index in [0.717, 1.165) is 18.4 Å². The summed E-state index contributed by atoms with van der Waals surface area (Å²) in [4.78, 5) is 20.1. The molecule has 22 heavy (non-hydrogen) atoms. The van der Waals surface area contributed by atoms with Gasteiger partial charge in [0.2, 0.25) is 5.95 Å². The Bertz CT molecular complexity index is 616. The molecule has 0 saturated heterocycles. The summed E-state index contributed by atoms with van der Waals surface area (Å²) in [5.74, 6) is 0.316. The Morgan fingerprint density at radius 2 is 1.95 bits per heavy atom. The summed E-state index contributed by atoms with van der Waals surface area (Å²) < 4.78 is 0. The number of halogens is 1. The third-order valence-corrected chi connectivity index (χ3v) is 3.49. The van der Waals surface area contributed by atoms with Crippen LogP contribution in [0, 0.1) is 0 Å². The monoisotopic (exact) mass is 318 g/mol. The molecule has 5 nitrogen and oxygen atoms in total. The molecule has 1 heterocycles. The third kappa shape index (κ3) is 4.70. The van der Waals surface area contributed by atoms with Gasteiger partial charge in [-0.05, 0) is 18.1 Å². The fourth-order valence-electron chi connectivity index (χ4n) is 1.83. The van der Waals surface area contributed by atoms with E-state index < -0.39 is 0 Å². The van der Waals surface area contributed by atoms with Crippen LogP contribution >= 0.6 is 11.6 Å². The molecule has 6 heteroatoms. The normalized spacial score (nSPS) is 10.3. The molecule has 0 aliphatic heterocycles. The zero-order valence-corrected chi connectivity index (χ0v) is 13.2. The molecular weight excluding hydrogens is 300 g/mol. The number of carbonyl (C=O) groups excluding carboxylic acids is 1. The molecule has 0 bridgehead atoms. The van der Waals surface area contributed by atoms with E-state index in [1.54, 1.807) is 0 Å². The van der Waals surface area contributed by atoms with Crippen LogP contribution in [0.25, 0.3) is 0 Å². The van der Waals surface area contributed by atoms with Gasteiger partial charge >= 0.3 is 0 Å². The van der Waals surface area contributed by atoms with Crippen LogP contribution in [-0.4, -0.2) is 22.4 Å². The number of rotatable bonds is 7. The van der Waals surface area contributed by atoms with E-state index in [4.69, 9.17) is 11.6 Å². The number of hydrogen-bond acceptors (Lipinski definition) is 4. The largest absolute Gasteiger partial charge is 0.352 e. The maximum absolute atomic E-state index is 11.8. The lowest BCUT2D eigenvalue weighted by molar-refractivity contribution is 0.0952. The van der Waals surface area contributed by atoms with Gasteiger partial charge in [-0.3, -0.25) is 4.79 Å². The number of nitrogens with zero attached hydrogens (tertiary/aromatic N) is 2. The summed E-state index contributed by atoms with van der Waals surface area (Å²) in [6.07, 6.45) is 5.04. The number of benzene rings is 1. The Hall–Kier alpha value is -2.14. The van der Waals surface area contributed by atoms with Gasteiger partial charge < -0.3 is 10.6 Å². The van der Waals surface area contributed by atoms with Crippen LogP contribution in [0.2, 0.25) is 5.02 Å². The van der Waals surface area contributed by atoms with Gasteiger partial charge in [0.05, 0.1) is 5.56 Å². The Morgan fingerprint density at radius 3 is 2.64 bits per heavy atom. The second kappa shape index (κ2) is 8.34. The van der Waals surface area contributed by atoms with Gasteiger partial charge in [0.1, 0.15) is 0 Å². The number of carbonyl (C=O) groups is 1. The lowest BCUT2D eigenvalue weighted by Gasteiger charge is -2.07. The first kappa shape index (κ1) is 16.2. The first-order valence-corrected chi connectivity index (χ1v) is 7.66. The van der Waals surface area contributed by atoms with Gasteiger partial charge in [-0.15, -0.1) is 0 Å². The first-order chi connectivity index (χ1) is 10.7. The van der Waals surface area contributed by atoms with Crippen molar-refractivity contribution in [2.45, 2.75) is 26.3 Å². The Balaban J connectivity index is 1.89. The lowest BCUT2D eigenvalue weighted by atomic mass is 10.2. The molecule has 0 radical (unpaired) electrons. The van der Waals surface area contributed by atoms with Crippen molar-refractivity contribution in [1.29, 1.82) is 0 Å². The minimum atomic E-state index is -0.147. The molecule has 2 rings (SSSR count). The molecule has 1 aromatic carbocycles. The van der Waals surface area contributed by atoms with Gasteiger partial charge in [0, 0.05) is 30.5 Å². The van der Waals surface area contributed by atoms with Crippen molar-refractivity contribution in [3.05, 3.63) is 52.8 Å². The van der Waals surface area contributed by atoms with Crippen LogP contribution in [-0.2, 0) is 6.54 Å². The third-order valence-electron chi connectivity index (χ3n) is 3.12. The molecule has 0 aliphatic rings. The van der Waals surface area contributed by atoms with E-state index in [1.807, 2.05) is 24.3 Å². The zero-order chi connectivity index (χ0) is 15.8. The summed E-state index contributed by atoms with van der Waals surface area (Å²) >= 11 is 6.08. The number of unbranched alkanes of at least 4 members (excludes halogenated alkanes) is 1. The highest BCUT2D eigenvalue weighted by Gasteiger charge is 2.06. The van der Waals surface area contributed by atoms with Crippen LogP contribution in [0.15, 0.2) is 36.7 Å². The van der Waals surface area contributed by atoms with E-state index in [1.165, 1.54) is 12.4 Å². The van der Waals surface area contributed by atoms with Crippen molar-refractivity contribution in [3.63, 3.8) is 0 Å². The Kier molecular flexibility index (Phi) is 6.15. The molecule has 0 aliphatic carbocycles. The number of hydrogen-bond donors (Lipinski definition) is 2. The second-order valence-electron chi connectivity index (χ2n) is 4.85. The molecular formula is C16H19ClN4O. The highest BCUT2D eigenvalue weighted by atomic mass is 35.5. The summed E-state index contributed by atoms with van der Waals surface area (Å²) in [5, 5.41) is 6.61. The fourth-order valence-corrected chi connectivity index (χ4v) is 2.04. The predicted molar refractivity (Wildman–Crippen MR) is 88.1 cm³/mol. The first-order valence-electron chi connectivity index (χ1n) is 7.28. The Morgan fingerprint density at radius 1 is 1.23 bits per heavy atom. The summed E-state index contributed by atoms with van der Waals surface area (Å²) in [6, 6.07) is 7.58. The average molecular weight is 319 g/mol. The fraction of sp³-hybridized carbons (Fsp3) is 0.312. The molecule has 0 spiro atoms. The average Bonchev–Trinajstić information content (AvgIpc) is 2.55. The number of aromatic nitrogens is 2. The van der Waals surface area contributed by atoms with E-state index in [2.05, 4.69) is 27.5 Å². The summed E-state index contributed by atoms with van der Waals surface area (Å²) in [6.45, 7) is 3.28. The maximum atomic E-state index is 11.8. The molecule has 0 fully saturated rings. The van der Waals surface area contributed by atoms with E-state index in [-0.39, 0.29) is 5.91 Å². The molecule has 0 atom stereocenters. The van der Waals surface area contributed by atoms with Crippen LogP contribution in [0.5, 0.6) is 0 Å². The highest BCUT2D eigenvalue weighted by molar-refractivity contribution is 6.31. The zero-order valence-electron chi connectivity index (χ0n) is 12.5. The van der Waals surface area contributed by atoms with Crippen molar-refractivity contribution in [1.82, 2.24) is 15.3 Å². The lowest BCUT2D eigenvalue weighted by Crippen LogP contribution is -2.24. The van der Waals surface area contributed by atoms with Gasteiger partial charge in [-0.25, -0.2) is 9.97 Å². The van der Waals surface area contributed by atoms with Crippen molar-refractivity contribution in [2.24, 2.45) is 0 Å². The molecule has 2 aromatic rings. The molecule has 1 amide bonds. The van der Waals surface area contributed by atoms with Gasteiger partial charge in [0.25, 0.3) is 5.91 Å². The van der Waals surface area contributed by atoms with Crippen LogP contribution in [0.1, 0.15) is 35.7 Å². The molecule has 0 saturated carbocycles. The Labute approximate surface area is 135 Å². The SMILES string of the molecule is CCCCNC(=O)c1cnc(NCc2ccccc2Cl)nc1. The number of amides is 1. The molecule has 1 aromatic heterocycles. The van der Waals surface area contributed by atoms with Gasteiger partial charge in [0.15, 0.2) is 0 Å². The minimum absolute atomic E-state index is 0.147. The minimum Gasteiger partial charge on any atom is -0.352 e. The topological polar surface area (TPSA) is 66.9 Å². The summed E-state index contributed by atoms with van der Waals surface area (Å²) in [5.41, 5.74) is 1.42. The van der Waals surface area contributed by atoms with Crippen LogP contribution < -0.4 is 10.6 Å². The van der Waals surface area contributed by atoms with Crippen molar-refractivity contribution >= 4 is 23.5 Å². The van der Waals surface area contributed by atoms with E-state index in [9.17, 15) is 4.79 Å². The number of anilines is 1. The van der Waals surface area contributed by atoms with Gasteiger partial charge in [-0.2, -0.15) is 0 Å². The van der Waals surface area contributed by atoms with E-state index in [0.29, 0.717) is 29.6 Å². The van der Waals surface area contributed by atoms with Crippen molar-refractivity contribution in [3.8, 4) is 0 Å².